The number of rotatable bonds is 4. The molecule has 6 nitrogen and oxygen atoms in total. The largest absolute Gasteiger partial charge is 0.507 e. The van der Waals surface area contributed by atoms with Crippen LogP contribution in [0.2, 0.25) is 0 Å². The molecule has 1 fully saturated rings. The Morgan fingerprint density at radius 3 is 2.52 bits per heavy atom. The minimum Gasteiger partial charge on any atom is -0.507 e. The first-order valence-electron chi connectivity index (χ1n) is 7.11. The number of anilines is 1. The highest BCUT2D eigenvalue weighted by Crippen LogP contribution is 2.27. The lowest BCUT2D eigenvalue weighted by molar-refractivity contribution is 0.0694. The van der Waals surface area contributed by atoms with Crippen molar-refractivity contribution in [2.45, 2.75) is 38.6 Å². The fourth-order valence-electron chi connectivity index (χ4n) is 2.74. The quantitative estimate of drug-likeness (QED) is 0.685. The summed E-state index contributed by atoms with van der Waals surface area (Å²) in [5.74, 6) is -1.07. The number of phenols is 1. The highest BCUT2D eigenvalue weighted by Gasteiger charge is 2.22. The Kier molecular flexibility index (Phi) is 4.67. The summed E-state index contributed by atoms with van der Waals surface area (Å²) in [6.07, 6.45) is 4.69. The SMILES string of the molecule is CC(NC(=O)Nc1ccc(C(=O)O)c(O)c1)C1CCCC1. The van der Waals surface area contributed by atoms with E-state index in [0.717, 1.165) is 12.8 Å². The van der Waals surface area contributed by atoms with E-state index in [0.29, 0.717) is 11.6 Å². The number of benzene rings is 1. The fourth-order valence-corrected chi connectivity index (χ4v) is 2.74. The van der Waals surface area contributed by atoms with Crippen LogP contribution >= 0.6 is 0 Å². The van der Waals surface area contributed by atoms with Crippen molar-refractivity contribution in [3.05, 3.63) is 23.8 Å². The predicted octanol–water partition coefficient (Wildman–Crippen LogP) is 2.79. The molecule has 6 heteroatoms. The summed E-state index contributed by atoms with van der Waals surface area (Å²) in [7, 11) is 0. The van der Waals surface area contributed by atoms with Gasteiger partial charge in [0.05, 0.1) is 0 Å². The van der Waals surface area contributed by atoms with Gasteiger partial charge in [0.25, 0.3) is 0 Å². The maximum atomic E-state index is 11.9. The average Bonchev–Trinajstić information content (AvgIpc) is 2.91. The van der Waals surface area contributed by atoms with Gasteiger partial charge in [0, 0.05) is 17.8 Å². The summed E-state index contributed by atoms with van der Waals surface area (Å²) in [6.45, 7) is 1.99. The summed E-state index contributed by atoms with van der Waals surface area (Å²) in [5, 5.41) is 23.9. The fraction of sp³-hybridized carbons (Fsp3) is 0.467. The molecule has 1 saturated carbocycles. The first kappa shape index (κ1) is 15.2. The standard InChI is InChI=1S/C15H20N2O4/c1-9(10-4-2-3-5-10)16-15(21)17-11-6-7-12(14(19)20)13(18)8-11/h6-10,18H,2-5H2,1H3,(H,19,20)(H2,16,17,21). The van der Waals surface area contributed by atoms with Gasteiger partial charge < -0.3 is 20.8 Å². The Morgan fingerprint density at radius 1 is 1.29 bits per heavy atom. The van der Waals surface area contributed by atoms with Gasteiger partial charge in [-0.15, -0.1) is 0 Å². The molecule has 1 aromatic rings. The van der Waals surface area contributed by atoms with Gasteiger partial charge in [0.2, 0.25) is 0 Å². The van der Waals surface area contributed by atoms with E-state index in [1.807, 2.05) is 6.92 Å². The van der Waals surface area contributed by atoms with Crippen molar-refractivity contribution >= 4 is 17.7 Å². The molecule has 0 heterocycles. The molecule has 114 valence electrons. The van der Waals surface area contributed by atoms with E-state index in [-0.39, 0.29) is 23.4 Å². The highest BCUT2D eigenvalue weighted by atomic mass is 16.4. The number of nitrogens with one attached hydrogen (secondary N) is 2. The van der Waals surface area contributed by atoms with Gasteiger partial charge in [-0.2, -0.15) is 0 Å². The van der Waals surface area contributed by atoms with Crippen LogP contribution in [-0.4, -0.2) is 28.3 Å². The molecule has 1 aliphatic carbocycles. The highest BCUT2D eigenvalue weighted by molar-refractivity contribution is 5.94. The molecular formula is C15H20N2O4. The third-order valence-corrected chi connectivity index (χ3v) is 3.95. The van der Waals surface area contributed by atoms with Gasteiger partial charge in [0.15, 0.2) is 0 Å². The van der Waals surface area contributed by atoms with Crippen LogP contribution in [0.25, 0.3) is 0 Å². The lowest BCUT2D eigenvalue weighted by Gasteiger charge is -2.20. The Hall–Kier alpha value is -2.24. The number of amides is 2. The zero-order valence-corrected chi connectivity index (χ0v) is 11.9. The lowest BCUT2D eigenvalue weighted by Crippen LogP contribution is -2.39. The van der Waals surface area contributed by atoms with Gasteiger partial charge in [-0.3, -0.25) is 0 Å². The summed E-state index contributed by atoms with van der Waals surface area (Å²) < 4.78 is 0. The van der Waals surface area contributed by atoms with E-state index in [1.54, 1.807) is 0 Å². The van der Waals surface area contributed by atoms with E-state index < -0.39 is 5.97 Å². The minimum absolute atomic E-state index is 0.0967. The minimum atomic E-state index is -1.21. The van der Waals surface area contributed by atoms with E-state index in [2.05, 4.69) is 10.6 Å². The van der Waals surface area contributed by atoms with Crippen molar-refractivity contribution in [3.8, 4) is 5.75 Å². The maximum absolute atomic E-state index is 11.9. The number of carboxylic acids is 1. The Balaban J connectivity index is 1.93. The number of hydrogen-bond donors (Lipinski definition) is 4. The van der Waals surface area contributed by atoms with Gasteiger partial charge >= 0.3 is 12.0 Å². The van der Waals surface area contributed by atoms with Gasteiger partial charge in [-0.1, -0.05) is 12.8 Å². The first-order valence-corrected chi connectivity index (χ1v) is 7.11. The monoisotopic (exact) mass is 292 g/mol. The molecule has 4 N–H and O–H groups in total. The summed E-state index contributed by atoms with van der Waals surface area (Å²) in [4.78, 5) is 22.7. The van der Waals surface area contributed by atoms with Crippen molar-refractivity contribution in [1.29, 1.82) is 0 Å². The molecule has 1 unspecified atom stereocenters. The molecule has 0 bridgehead atoms. The van der Waals surface area contributed by atoms with Crippen molar-refractivity contribution in [1.82, 2.24) is 5.32 Å². The van der Waals surface area contributed by atoms with Crippen LogP contribution in [0.15, 0.2) is 18.2 Å². The van der Waals surface area contributed by atoms with Crippen molar-refractivity contribution < 1.29 is 19.8 Å². The molecule has 2 rings (SSSR count). The molecule has 0 aliphatic heterocycles. The van der Waals surface area contributed by atoms with E-state index in [4.69, 9.17) is 5.11 Å². The van der Waals surface area contributed by atoms with Crippen LogP contribution in [0.4, 0.5) is 10.5 Å². The third-order valence-electron chi connectivity index (χ3n) is 3.95. The Bertz CT molecular complexity index is 538. The molecule has 1 aromatic carbocycles. The van der Waals surface area contributed by atoms with Crippen LogP contribution in [-0.2, 0) is 0 Å². The normalized spacial score (nSPS) is 16.4. The van der Waals surface area contributed by atoms with E-state index >= 15 is 0 Å². The van der Waals surface area contributed by atoms with Crippen molar-refractivity contribution in [2.75, 3.05) is 5.32 Å². The molecule has 0 radical (unpaired) electrons. The zero-order valence-electron chi connectivity index (χ0n) is 11.9. The second kappa shape index (κ2) is 6.47. The zero-order chi connectivity index (χ0) is 15.4. The first-order chi connectivity index (χ1) is 9.97. The second-order valence-electron chi connectivity index (χ2n) is 5.47. The number of carboxylic acid groups (broad SMARTS) is 1. The number of aromatic carboxylic acids is 1. The molecular weight excluding hydrogens is 272 g/mol. The average molecular weight is 292 g/mol. The number of aromatic hydroxyl groups is 1. The predicted molar refractivity (Wildman–Crippen MR) is 78.6 cm³/mol. The van der Waals surface area contributed by atoms with Crippen molar-refractivity contribution in [3.63, 3.8) is 0 Å². The summed E-state index contributed by atoms with van der Waals surface area (Å²) in [6, 6.07) is 3.68. The van der Waals surface area contributed by atoms with Crippen LogP contribution in [0.3, 0.4) is 0 Å². The molecule has 1 aliphatic rings. The topological polar surface area (TPSA) is 98.7 Å². The Labute approximate surface area is 123 Å². The van der Waals surface area contributed by atoms with Crippen LogP contribution in [0.5, 0.6) is 5.75 Å². The van der Waals surface area contributed by atoms with Crippen molar-refractivity contribution in [2.24, 2.45) is 5.92 Å². The molecule has 0 spiro atoms. The van der Waals surface area contributed by atoms with Gasteiger partial charge in [-0.05, 0) is 37.8 Å². The maximum Gasteiger partial charge on any atom is 0.339 e. The molecule has 1 atom stereocenters. The molecule has 0 aromatic heterocycles. The number of hydrogen-bond acceptors (Lipinski definition) is 3. The van der Waals surface area contributed by atoms with Crippen LogP contribution in [0.1, 0.15) is 43.0 Å². The van der Waals surface area contributed by atoms with Gasteiger partial charge in [0.1, 0.15) is 11.3 Å². The van der Waals surface area contributed by atoms with Crippen LogP contribution < -0.4 is 10.6 Å². The van der Waals surface area contributed by atoms with Crippen LogP contribution in [0, 0.1) is 5.92 Å². The lowest BCUT2D eigenvalue weighted by atomic mass is 10.0. The Morgan fingerprint density at radius 2 is 1.95 bits per heavy atom. The smallest absolute Gasteiger partial charge is 0.339 e. The third kappa shape index (κ3) is 3.87. The number of carbonyl (C=O) groups excluding carboxylic acids is 1. The number of urea groups is 1. The van der Waals surface area contributed by atoms with E-state index in [9.17, 15) is 14.7 Å². The number of carbonyl (C=O) groups is 2. The molecule has 21 heavy (non-hydrogen) atoms. The molecule has 0 saturated heterocycles. The summed E-state index contributed by atoms with van der Waals surface area (Å²) in [5.41, 5.74) is 0.161. The summed E-state index contributed by atoms with van der Waals surface area (Å²) >= 11 is 0. The van der Waals surface area contributed by atoms with Gasteiger partial charge in [-0.25, -0.2) is 9.59 Å². The molecule has 2 amide bonds. The van der Waals surface area contributed by atoms with E-state index in [1.165, 1.54) is 31.0 Å². The second-order valence-corrected chi connectivity index (χ2v) is 5.47.